The summed E-state index contributed by atoms with van der Waals surface area (Å²) >= 11 is 0. The van der Waals surface area contributed by atoms with Crippen LogP contribution in [0.3, 0.4) is 0 Å². The molecular formula is C30H33FO4. The Kier molecular flexibility index (Phi) is 7.74. The maximum absolute atomic E-state index is 13.8. The second kappa shape index (κ2) is 10.9. The van der Waals surface area contributed by atoms with Crippen LogP contribution in [0, 0.1) is 12.7 Å². The Hall–Kier alpha value is -3.34. The van der Waals surface area contributed by atoms with Crippen LogP contribution in [-0.4, -0.2) is 26.3 Å². The summed E-state index contributed by atoms with van der Waals surface area (Å²) in [6, 6.07) is 19.3. The van der Waals surface area contributed by atoms with E-state index in [1.54, 1.807) is 6.07 Å². The van der Waals surface area contributed by atoms with Crippen LogP contribution in [-0.2, 0) is 4.74 Å². The number of ether oxygens (including phenoxy) is 3. The molecule has 5 heteroatoms. The van der Waals surface area contributed by atoms with E-state index in [-0.39, 0.29) is 35.5 Å². The first-order valence-corrected chi connectivity index (χ1v) is 12.2. The van der Waals surface area contributed by atoms with E-state index < -0.39 is 0 Å². The largest absolute Gasteiger partial charge is 0.494 e. The van der Waals surface area contributed by atoms with Gasteiger partial charge in [0.15, 0.2) is 11.6 Å². The molecule has 0 aliphatic carbocycles. The van der Waals surface area contributed by atoms with E-state index in [0.717, 1.165) is 53.7 Å². The quantitative estimate of drug-likeness (QED) is 0.323. The van der Waals surface area contributed by atoms with Crippen molar-refractivity contribution in [3.63, 3.8) is 0 Å². The number of fused-ring (bicyclic) bond motifs is 1. The van der Waals surface area contributed by atoms with Crippen LogP contribution in [0.15, 0.2) is 60.7 Å². The molecule has 1 aliphatic rings. The number of para-hydroxylation sites is 1. The summed E-state index contributed by atoms with van der Waals surface area (Å²) in [4.78, 5) is 12.3. The van der Waals surface area contributed by atoms with E-state index in [9.17, 15) is 9.18 Å². The van der Waals surface area contributed by atoms with Crippen molar-refractivity contribution in [2.45, 2.75) is 57.5 Å². The Morgan fingerprint density at radius 1 is 1.11 bits per heavy atom. The zero-order chi connectivity index (χ0) is 24.9. The Morgan fingerprint density at radius 2 is 1.91 bits per heavy atom. The van der Waals surface area contributed by atoms with Gasteiger partial charge in [0, 0.05) is 11.5 Å². The molecule has 0 amide bonds. The fourth-order valence-corrected chi connectivity index (χ4v) is 4.97. The van der Waals surface area contributed by atoms with Gasteiger partial charge in [-0.25, -0.2) is 9.18 Å². The Balaban J connectivity index is 1.48. The molecule has 1 heterocycles. The Bertz CT molecular complexity index is 1190. The number of carbonyl (C=O) groups is 1. The SMILES string of the molecule is COC(=O)c1cc([C@H]2C[C@@H](CCC[C@H](C)c3ccc(F)c(OC)c3)Oc3ccccc32)ccc1C. The predicted molar refractivity (Wildman–Crippen MR) is 135 cm³/mol. The molecule has 0 fully saturated rings. The van der Waals surface area contributed by atoms with Crippen LogP contribution in [0.25, 0.3) is 0 Å². The molecule has 3 aromatic carbocycles. The van der Waals surface area contributed by atoms with Crippen LogP contribution >= 0.6 is 0 Å². The molecule has 4 rings (SSSR count). The van der Waals surface area contributed by atoms with E-state index in [1.807, 2.05) is 43.3 Å². The molecule has 0 unspecified atom stereocenters. The first-order valence-electron chi connectivity index (χ1n) is 12.2. The van der Waals surface area contributed by atoms with Crippen molar-refractivity contribution < 1.29 is 23.4 Å². The lowest BCUT2D eigenvalue weighted by atomic mass is 9.82. The van der Waals surface area contributed by atoms with E-state index >= 15 is 0 Å². The molecule has 1 aliphatic heterocycles. The van der Waals surface area contributed by atoms with E-state index in [4.69, 9.17) is 14.2 Å². The van der Waals surface area contributed by atoms with E-state index in [1.165, 1.54) is 20.3 Å². The van der Waals surface area contributed by atoms with Gasteiger partial charge in [0.1, 0.15) is 5.75 Å². The summed E-state index contributed by atoms with van der Waals surface area (Å²) in [6.07, 6.45) is 3.80. The maximum atomic E-state index is 13.8. The third-order valence-electron chi connectivity index (χ3n) is 7.06. The first kappa shape index (κ1) is 24.8. The topological polar surface area (TPSA) is 44.8 Å². The Labute approximate surface area is 207 Å². The minimum absolute atomic E-state index is 0.0766. The molecule has 0 aromatic heterocycles. The van der Waals surface area contributed by atoms with Gasteiger partial charge in [-0.15, -0.1) is 0 Å². The maximum Gasteiger partial charge on any atom is 0.338 e. The molecule has 0 radical (unpaired) electrons. The van der Waals surface area contributed by atoms with Crippen molar-refractivity contribution in [1.29, 1.82) is 0 Å². The van der Waals surface area contributed by atoms with E-state index in [2.05, 4.69) is 19.1 Å². The molecule has 0 bridgehead atoms. The van der Waals surface area contributed by atoms with Gasteiger partial charge in [-0.2, -0.15) is 0 Å². The first-order chi connectivity index (χ1) is 16.9. The minimum Gasteiger partial charge on any atom is -0.494 e. The van der Waals surface area contributed by atoms with Gasteiger partial charge in [-0.3, -0.25) is 0 Å². The van der Waals surface area contributed by atoms with Crippen LogP contribution < -0.4 is 9.47 Å². The molecule has 0 saturated heterocycles. The zero-order valence-corrected chi connectivity index (χ0v) is 20.8. The van der Waals surface area contributed by atoms with Crippen LogP contribution in [0.5, 0.6) is 11.5 Å². The fourth-order valence-electron chi connectivity index (χ4n) is 4.97. The van der Waals surface area contributed by atoms with Gasteiger partial charge >= 0.3 is 5.97 Å². The van der Waals surface area contributed by atoms with Crippen molar-refractivity contribution in [3.05, 3.63) is 94.3 Å². The molecule has 0 N–H and O–H groups in total. The number of hydrogen-bond donors (Lipinski definition) is 0. The fraction of sp³-hybridized carbons (Fsp3) is 0.367. The van der Waals surface area contributed by atoms with Crippen LogP contribution in [0.2, 0.25) is 0 Å². The molecular weight excluding hydrogens is 443 g/mol. The molecule has 4 nitrogen and oxygen atoms in total. The number of hydrogen-bond acceptors (Lipinski definition) is 4. The molecule has 3 aromatic rings. The molecule has 0 saturated carbocycles. The van der Waals surface area contributed by atoms with Crippen molar-refractivity contribution in [2.75, 3.05) is 14.2 Å². The summed E-state index contributed by atoms with van der Waals surface area (Å²) in [7, 11) is 2.90. The lowest BCUT2D eigenvalue weighted by Gasteiger charge is -2.33. The van der Waals surface area contributed by atoms with Crippen molar-refractivity contribution in [2.24, 2.45) is 0 Å². The summed E-state index contributed by atoms with van der Waals surface area (Å²) in [6.45, 7) is 4.09. The highest BCUT2D eigenvalue weighted by Crippen LogP contribution is 2.42. The summed E-state index contributed by atoms with van der Waals surface area (Å²) in [5.74, 6) is 0.977. The van der Waals surface area contributed by atoms with Crippen LogP contribution in [0.1, 0.15) is 77.1 Å². The average molecular weight is 477 g/mol. The third-order valence-corrected chi connectivity index (χ3v) is 7.06. The summed E-state index contributed by atoms with van der Waals surface area (Å²) in [5, 5.41) is 0. The van der Waals surface area contributed by atoms with Crippen LogP contribution in [0.4, 0.5) is 4.39 Å². The predicted octanol–water partition coefficient (Wildman–Crippen LogP) is 7.19. The monoisotopic (exact) mass is 476 g/mol. The lowest BCUT2D eigenvalue weighted by molar-refractivity contribution is 0.0599. The van der Waals surface area contributed by atoms with Gasteiger partial charge in [0.05, 0.1) is 25.9 Å². The second-order valence-corrected chi connectivity index (χ2v) is 9.36. The number of halogens is 1. The van der Waals surface area contributed by atoms with Crippen molar-refractivity contribution in [1.82, 2.24) is 0 Å². The zero-order valence-electron chi connectivity index (χ0n) is 20.8. The summed E-state index contributed by atoms with van der Waals surface area (Å²) in [5.41, 5.74) is 4.84. The van der Waals surface area contributed by atoms with E-state index in [0.29, 0.717) is 5.56 Å². The van der Waals surface area contributed by atoms with Gasteiger partial charge in [0.25, 0.3) is 0 Å². The number of benzene rings is 3. The number of methoxy groups -OCH3 is 2. The third kappa shape index (κ3) is 5.50. The van der Waals surface area contributed by atoms with Crippen molar-refractivity contribution >= 4 is 5.97 Å². The van der Waals surface area contributed by atoms with Gasteiger partial charge in [-0.05, 0) is 79.5 Å². The average Bonchev–Trinajstić information content (AvgIpc) is 2.88. The number of rotatable bonds is 8. The van der Waals surface area contributed by atoms with Gasteiger partial charge < -0.3 is 14.2 Å². The number of aryl methyl sites for hydroxylation is 1. The Morgan fingerprint density at radius 3 is 2.69 bits per heavy atom. The van der Waals surface area contributed by atoms with Gasteiger partial charge in [-0.1, -0.05) is 43.3 Å². The highest BCUT2D eigenvalue weighted by molar-refractivity contribution is 5.91. The molecule has 35 heavy (non-hydrogen) atoms. The van der Waals surface area contributed by atoms with Gasteiger partial charge in [0.2, 0.25) is 0 Å². The standard InChI is InChI=1S/C30H33FO4/c1-19(21-14-15-27(31)29(17-21)33-3)8-7-9-23-18-26(24-10-5-6-11-28(24)35-23)22-13-12-20(2)25(16-22)30(32)34-4/h5-6,10-17,19,23,26H,7-9,18H2,1-4H3/t19-,23+,26+/m0/s1. The molecule has 0 spiro atoms. The highest BCUT2D eigenvalue weighted by Gasteiger charge is 2.30. The minimum atomic E-state index is -0.338. The summed E-state index contributed by atoms with van der Waals surface area (Å²) < 4.78 is 30.3. The number of carbonyl (C=O) groups excluding carboxylic acids is 1. The highest BCUT2D eigenvalue weighted by atomic mass is 19.1. The smallest absolute Gasteiger partial charge is 0.338 e. The molecule has 184 valence electrons. The normalized spacial score (nSPS) is 17.7. The molecule has 3 atom stereocenters. The second-order valence-electron chi connectivity index (χ2n) is 9.36. The van der Waals surface area contributed by atoms with Crippen molar-refractivity contribution in [3.8, 4) is 11.5 Å². The number of esters is 1. The lowest BCUT2D eigenvalue weighted by Crippen LogP contribution is -2.26.